The highest BCUT2D eigenvalue weighted by atomic mass is 16.5. The molecule has 1 aliphatic rings. The summed E-state index contributed by atoms with van der Waals surface area (Å²) in [6.07, 6.45) is 2.84. The number of fused-ring (bicyclic) bond motifs is 1. The molecule has 0 fully saturated rings. The van der Waals surface area contributed by atoms with Gasteiger partial charge in [0.2, 0.25) is 0 Å². The first-order valence-electron chi connectivity index (χ1n) is 6.95. The minimum absolute atomic E-state index is 0.177. The van der Waals surface area contributed by atoms with Crippen molar-refractivity contribution in [3.8, 4) is 5.75 Å². The van der Waals surface area contributed by atoms with E-state index in [4.69, 9.17) is 4.74 Å². The van der Waals surface area contributed by atoms with E-state index in [9.17, 15) is 0 Å². The van der Waals surface area contributed by atoms with E-state index in [0.717, 1.165) is 24.4 Å². The van der Waals surface area contributed by atoms with E-state index in [1.54, 1.807) is 7.11 Å². The molecule has 0 aliphatic carbocycles. The summed E-state index contributed by atoms with van der Waals surface area (Å²) in [5, 5.41) is 3.47. The van der Waals surface area contributed by atoms with Crippen molar-refractivity contribution in [1.29, 1.82) is 0 Å². The molecule has 0 amide bonds. The fourth-order valence-electron chi connectivity index (χ4n) is 2.68. The lowest BCUT2D eigenvalue weighted by atomic mass is 9.88. The van der Waals surface area contributed by atoms with Crippen LogP contribution in [0.3, 0.4) is 0 Å². The largest absolute Gasteiger partial charge is 0.497 e. The molecule has 0 bridgehead atoms. The molecule has 0 radical (unpaired) electrons. The van der Waals surface area contributed by atoms with Crippen LogP contribution in [-0.2, 0) is 11.8 Å². The number of nitrogens with zero attached hydrogens (tertiary/aromatic N) is 1. The summed E-state index contributed by atoms with van der Waals surface area (Å²) in [7, 11) is 1.69. The molecular formula is C17H20N2O. The van der Waals surface area contributed by atoms with Gasteiger partial charge in [0.25, 0.3) is 0 Å². The van der Waals surface area contributed by atoms with Gasteiger partial charge >= 0.3 is 0 Å². The number of pyridine rings is 1. The molecular weight excluding hydrogens is 248 g/mol. The first-order chi connectivity index (χ1) is 9.58. The van der Waals surface area contributed by atoms with Crippen LogP contribution in [0.1, 0.15) is 30.7 Å². The monoisotopic (exact) mass is 268 g/mol. The lowest BCUT2D eigenvalue weighted by Crippen LogP contribution is -2.19. The normalized spacial score (nSPS) is 15.6. The van der Waals surface area contributed by atoms with Gasteiger partial charge in [0.15, 0.2) is 0 Å². The molecule has 0 spiro atoms. The Morgan fingerprint density at radius 3 is 2.95 bits per heavy atom. The van der Waals surface area contributed by atoms with Crippen molar-refractivity contribution in [2.24, 2.45) is 0 Å². The van der Waals surface area contributed by atoms with Gasteiger partial charge in [0, 0.05) is 41.5 Å². The van der Waals surface area contributed by atoms with Gasteiger partial charge in [0.05, 0.1) is 7.11 Å². The Labute approximate surface area is 120 Å². The van der Waals surface area contributed by atoms with Crippen LogP contribution in [0.15, 0.2) is 36.5 Å². The fraction of sp³-hybridized carbons (Fsp3) is 0.353. The zero-order valence-electron chi connectivity index (χ0n) is 12.2. The molecule has 0 saturated heterocycles. The van der Waals surface area contributed by atoms with Gasteiger partial charge < -0.3 is 10.1 Å². The summed E-state index contributed by atoms with van der Waals surface area (Å²) in [5.41, 5.74) is 5.02. The van der Waals surface area contributed by atoms with Crippen LogP contribution in [-0.4, -0.2) is 18.6 Å². The zero-order valence-corrected chi connectivity index (χ0v) is 12.2. The number of nitrogens with one attached hydrogen (secondary N) is 1. The Morgan fingerprint density at radius 2 is 2.15 bits per heavy atom. The van der Waals surface area contributed by atoms with E-state index in [-0.39, 0.29) is 5.41 Å². The number of rotatable bonds is 3. The van der Waals surface area contributed by atoms with Gasteiger partial charge in [-0.25, -0.2) is 0 Å². The molecule has 2 heterocycles. The number of benzene rings is 1. The third kappa shape index (κ3) is 2.36. The second-order valence-corrected chi connectivity index (χ2v) is 5.99. The maximum Gasteiger partial charge on any atom is 0.119 e. The molecule has 1 aromatic carbocycles. The topological polar surface area (TPSA) is 34.1 Å². The maximum atomic E-state index is 5.26. The average molecular weight is 268 g/mol. The Morgan fingerprint density at radius 1 is 1.30 bits per heavy atom. The quantitative estimate of drug-likeness (QED) is 0.926. The number of aromatic nitrogens is 1. The van der Waals surface area contributed by atoms with Crippen molar-refractivity contribution in [1.82, 2.24) is 4.98 Å². The number of ether oxygens (including phenoxy) is 1. The molecule has 104 valence electrons. The van der Waals surface area contributed by atoms with E-state index in [2.05, 4.69) is 42.3 Å². The summed E-state index contributed by atoms with van der Waals surface area (Å²) < 4.78 is 5.26. The average Bonchev–Trinajstić information content (AvgIpc) is 2.74. The molecule has 3 heteroatoms. The Bertz CT molecular complexity index is 635. The molecule has 1 aromatic heterocycles. The maximum absolute atomic E-state index is 5.26. The van der Waals surface area contributed by atoms with Crippen LogP contribution < -0.4 is 10.1 Å². The van der Waals surface area contributed by atoms with E-state index >= 15 is 0 Å². The lowest BCUT2D eigenvalue weighted by Gasteiger charge is -2.16. The summed E-state index contributed by atoms with van der Waals surface area (Å²) in [6.45, 7) is 5.47. The van der Waals surface area contributed by atoms with Crippen LogP contribution in [0, 0.1) is 0 Å². The summed E-state index contributed by atoms with van der Waals surface area (Å²) in [4.78, 5) is 4.62. The summed E-state index contributed by atoms with van der Waals surface area (Å²) in [5.74, 6) is 0.892. The van der Waals surface area contributed by atoms with Crippen molar-refractivity contribution in [2.45, 2.75) is 25.7 Å². The lowest BCUT2D eigenvalue weighted by molar-refractivity contribution is 0.414. The van der Waals surface area contributed by atoms with Gasteiger partial charge in [-0.15, -0.1) is 0 Å². The first kappa shape index (κ1) is 13.0. The van der Waals surface area contributed by atoms with Gasteiger partial charge in [0.1, 0.15) is 5.75 Å². The molecule has 0 saturated carbocycles. The number of hydrogen-bond donors (Lipinski definition) is 1. The van der Waals surface area contributed by atoms with Crippen LogP contribution in [0.25, 0.3) is 0 Å². The first-order valence-corrected chi connectivity index (χ1v) is 6.95. The van der Waals surface area contributed by atoms with E-state index < -0.39 is 0 Å². The minimum atomic E-state index is 0.177. The SMILES string of the molecule is COc1cccc(Cc2cc3c(cn2)C(C)(C)CN3)c1. The Hall–Kier alpha value is -2.03. The highest BCUT2D eigenvalue weighted by Gasteiger charge is 2.29. The second kappa shape index (κ2) is 4.82. The molecule has 1 N–H and O–H groups in total. The second-order valence-electron chi connectivity index (χ2n) is 5.99. The molecule has 2 aromatic rings. The third-order valence-electron chi connectivity index (χ3n) is 3.93. The summed E-state index contributed by atoms with van der Waals surface area (Å²) >= 11 is 0. The van der Waals surface area contributed by atoms with Crippen LogP contribution in [0.4, 0.5) is 5.69 Å². The van der Waals surface area contributed by atoms with E-state index in [0.29, 0.717) is 0 Å². The van der Waals surface area contributed by atoms with Crippen molar-refractivity contribution >= 4 is 5.69 Å². The van der Waals surface area contributed by atoms with E-state index in [1.165, 1.54) is 16.8 Å². The summed E-state index contributed by atoms with van der Waals surface area (Å²) in [6, 6.07) is 10.3. The predicted molar refractivity (Wildman–Crippen MR) is 81.6 cm³/mol. The zero-order chi connectivity index (χ0) is 14.2. The van der Waals surface area contributed by atoms with Gasteiger partial charge in [-0.05, 0) is 23.8 Å². The van der Waals surface area contributed by atoms with Crippen LogP contribution in [0.2, 0.25) is 0 Å². The highest BCUT2D eigenvalue weighted by Crippen LogP contribution is 2.36. The van der Waals surface area contributed by atoms with Crippen LogP contribution in [0.5, 0.6) is 5.75 Å². The van der Waals surface area contributed by atoms with Gasteiger partial charge in [-0.2, -0.15) is 0 Å². The van der Waals surface area contributed by atoms with Crippen LogP contribution >= 0.6 is 0 Å². The standard InChI is InChI=1S/C17H20N2O/c1-17(2)11-19-16-9-13(18-10-15(16)17)7-12-5-4-6-14(8-12)20-3/h4-6,8-10,19H,7,11H2,1-3H3. The van der Waals surface area contributed by atoms with Crippen molar-refractivity contribution in [3.63, 3.8) is 0 Å². The third-order valence-corrected chi connectivity index (χ3v) is 3.93. The fourth-order valence-corrected chi connectivity index (χ4v) is 2.68. The van der Waals surface area contributed by atoms with Gasteiger partial charge in [-0.3, -0.25) is 4.98 Å². The van der Waals surface area contributed by atoms with Crippen molar-refractivity contribution in [3.05, 3.63) is 53.3 Å². The predicted octanol–water partition coefficient (Wildman–Crippen LogP) is 3.38. The molecule has 0 unspecified atom stereocenters. The molecule has 1 aliphatic heterocycles. The molecule has 20 heavy (non-hydrogen) atoms. The smallest absolute Gasteiger partial charge is 0.119 e. The van der Waals surface area contributed by atoms with Crippen molar-refractivity contribution < 1.29 is 4.74 Å². The Balaban J connectivity index is 1.85. The van der Waals surface area contributed by atoms with Crippen molar-refractivity contribution in [2.75, 3.05) is 19.0 Å². The minimum Gasteiger partial charge on any atom is -0.497 e. The molecule has 3 nitrogen and oxygen atoms in total. The van der Waals surface area contributed by atoms with E-state index in [1.807, 2.05) is 18.3 Å². The highest BCUT2D eigenvalue weighted by molar-refractivity contribution is 5.59. The Kier molecular flexibility index (Phi) is 3.13. The number of anilines is 1. The number of methoxy groups -OCH3 is 1. The van der Waals surface area contributed by atoms with Gasteiger partial charge in [-0.1, -0.05) is 26.0 Å². The molecule has 3 rings (SSSR count). The molecule has 0 atom stereocenters. The number of hydrogen-bond acceptors (Lipinski definition) is 3.